The molecule has 16 heavy (non-hydrogen) atoms. The molecular weight excluding hydrogens is 216 g/mol. The molecular formula is C9H16N2O5. The summed E-state index contributed by atoms with van der Waals surface area (Å²) in [5, 5.41) is 28.4. The standard InChI is InChI=1S/C9H16N2O5/c12-4-3-11(6-1-2-6)9(16)10-7(5-13)8(14)15/h6-7,12-13H,1-5H2,(H,10,16)(H,14,15)/t7-/m1/s1. The lowest BCUT2D eigenvalue weighted by Crippen LogP contribution is -2.50. The Kier molecular flexibility index (Phi) is 4.51. The number of carboxylic acid groups (broad SMARTS) is 1. The minimum atomic E-state index is -1.30. The van der Waals surface area contributed by atoms with E-state index in [0.29, 0.717) is 0 Å². The van der Waals surface area contributed by atoms with Gasteiger partial charge in [-0.05, 0) is 12.8 Å². The number of aliphatic hydroxyl groups excluding tert-OH is 2. The molecule has 0 unspecified atom stereocenters. The maximum absolute atomic E-state index is 11.6. The summed E-state index contributed by atoms with van der Waals surface area (Å²) in [6.07, 6.45) is 1.73. The molecule has 0 radical (unpaired) electrons. The van der Waals surface area contributed by atoms with Gasteiger partial charge in [-0.1, -0.05) is 0 Å². The summed E-state index contributed by atoms with van der Waals surface area (Å²) in [5.41, 5.74) is 0. The summed E-state index contributed by atoms with van der Waals surface area (Å²) in [5.74, 6) is -1.28. The summed E-state index contributed by atoms with van der Waals surface area (Å²) in [6.45, 7) is -0.645. The first kappa shape index (κ1) is 12.7. The number of hydrogen-bond donors (Lipinski definition) is 4. The highest BCUT2D eigenvalue weighted by Gasteiger charge is 2.33. The van der Waals surface area contributed by atoms with Crippen molar-refractivity contribution in [1.82, 2.24) is 10.2 Å². The fourth-order valence-electron chi connectivity index (χ4n) is 1.36. The van der Waals surface area contributed by atoms with Gasteiger partial charge in [0.15, 0.2) is 6.04 Å². The smallest absolute Gasteiger partial charge is 0.328 e. The second-order valence-electron chi connectivity index (χ2n) is 3.67. The molecule has 1 aliphatic rings. The van der Waals surface area contributed by atoms with Crippen LogP contribution in [-0.4, -0.2) is 64.1 Å². The van der Waals surface area contributed by atoms with E-state index in [0.717, 1.165) is 12.8 Å². The zero-order valence-corrected chi connectivity index (χ0v) is 8.80. The molecule has 7 nitrogen and oxygen atoms in total. The van der Waals surface area contributed by atoms with Gasteiger partial charge in [0.05, 0.1) is 13.2 Å². The van der Waals surface area contributed by atoms with Gasteiger partial charge in [-0.3, -0.25) is 0 Å². The Morgan fingerprint density at radius 3 is 2.38 bits per heavy atom. The fourth-order valence-corrected chi connectivity index (χ4v) is 1.36. The van der Waals surface area contributed by atoms with Crippen molar-refractivity contribution in [3.05, 3.63) is 0 Å². The molecule has 0 aromatic carbocycles. The highest BCUT2D eigenvalue weighted by molar-refractivity contribution is 5.83. The van der Waals surface area contributed by atoms with Crippen LogP contribution in [0.25, 0.3) is 0 Å². The molecule has 1 saturated carbocycles. The molecule has 7 heteroatoms. The number of aliphatic carboxylic acids is 1. The van der Waals surface area contributed by atoms with Gasteiger partial charge in [-0.25, -0.2) is 9.59 Å². The maximum Gasteiger partial charge on any atom is 0.328 e. The maximum atomic E-state index is 11.6. The number of rotatable bonds is 6. The van der Waals surface area contributed by atoms with Gasteiger partial charge in [-0.2, -0.15) is 0 Å². The molecule has 0 spiro atoms. The number of amides is 2. The Morgan fingerprint density at radius 1 is 1.38 bits per heavy atom. The monoisotopic (exact) mass is 232 g/mol. The lowest BCUT2D eigenvalue weighted by Gasteiger charge is -2.23. The molecule has 0 aliphatic heterocycles. The number of aliphatic hydroxyl groups is 2. The summed E-state index contributed by atoms with van der Waals surface area (Å²) in [6, 6.07) is -1.77. The molecule has 0 aromatic rings. The Labute approximate surface area is 92.7 Å². The number of nitrogens with one attached hydrogen (secondary N) is 1. The van der Waals surface area contributed by atoms with Crippen LogP contribution in [0.2, 0.25) is 0 Å². The van der Waals surface area contributed by atoms with E-state index in [4.69, 9.17) is 15.3 Å². The van der Waals surface area contributed by atoms with Gasteiger partial charge in [0.1, 0.15) is 0 Å². The fraction of sp³-hybridized carbons (Fsp3) is 0.778. The van der Waals surface area contributed by atoms with E-state index in [1.807, 2.05) is 0 Å². The molecule has 1 rings (SSSR count). The predicted molar refractivity (Wildman–Crippen MR) is 53.9 cm³/mol. The minimum absolute atomic E-state index is 0.0836. The lowest BCUT2D eigenvalue weighted by atomic mass is 10.3. The zero-order valence-electron chi connectivity index (χ0n) is 8.80. The second kappa shape index (κ2) is 5.66. The van der Waals surface area contributed by atoms with Gasteiger partial charge >= 0.3 is 12.0 Å². The van der Waals surface area contributed by atoms with E-state index in [1.54, 1.807) is 0 Å². The van der Waals surface area contributed by atoms with Crippen molar-refractivity contribution in [2.24, 2.45) is 0 Å². The van der Waals surface area contributed by atoms with Crippen LogP contribution < -0.4 is 5.32 Å². The SMILES string of the molecule is O=C(O)[C@@H](CO)NC(=O)N(CCO)C1CC1. The molecule has 1 fully saturated rings. The molecule has 1 atom stereocenters. The van der Waals surface area contributed by atoms with Crippen molar-refractivity contribution in [2.75, 3.05) is 19.8 Å². The van der Waals surface area contributed by atoms with E-state index in [9.17, 15) is 9.59 Å². The van der Waals surface area contributed by atoms with Crippen LogP contribution in [0.1, 0.15) is 12.8 Å². The van der Waals surface area contributed by atoms with Crippen LogP contribution in [0, 0.1) is 0 Å². The third-order valence-electron chi connectivity index (χ3n) is 2.37. The van der Waals surface area contributed by atoms with Crippen molar-refractivity contribution >= 4 is 12.0 Å². The molecule has 0 bridgehead atoms. The van der Waals surface area contributed by atoms with Gasteiger partial charge in [0, 0.05) is 12.6 Å². The summed E-state index contributed by atoms with van der Waals surface area (Å²) >= 11 is 0. The minimum Gasteiger partial charge on any atom is -0.480 e. The molecule has 0 saturated heterocycles. The highest BCUT2D eigenvalue weighted by Crippen LogP contribution is 2.26. The molecule has 0 heterocycles. The van der Waals surface area contributed by atoms with Crippen LogP contribution in [0.15, 0.2) is 0 Å². The van der Waals surface area contributed by atoms with Crippen LogP contribution in [0.5, 0.6) is 0 Å². The van der Waals surface area contributed by atoms with E-state index in [2.05, 4.69) is 5.32 Å². The largest absolute Gasteiger partial charge is 0.480 e. The normalized spacial score (nSPS) is 16.6. The second-order valence-corrected chi connectivity index (χ2v) is 3.67. The van der Waals surface area contributed by atoms with Crippen molar-refractivity contribution < 1.29 is 24.9 Å². The van der Waals surface area contributed by atoms with Gasteiger partial charge in [0.2, 0.25) is 0 Å². The first-order valence-electron chi connectivity index (χ1n) is 5.11. The van der Waals surface area contributed by atoms with Crippen LogP contribution in [0.3, 0.4) is 0 Å². The number of carbonyl (C=O) groups is 2. The Morgan fingerprint density at radius 2 is 2.00 bits per heavy atom. The highest BCUT2D eigenvalue weighted by atomic mass is 16.4. The van der Waals surface area contributed by atoms with Crippen molar-refractivity contribution in [3.63, 3.8) is 0 Å². The van der Waals surface area contributed by atoms with E-state index >= 15 is 0 Å². The Balaban J connectivity index is 2.50. The summed E-state index contributed by atoms with van der Waals surface area (Å²) in [7, 11) is 0. The Hall–Kier alpha value is -1.34. The third-order valence-corrected chi connectivity index (χ3v) is 2.37. The van der Waals surface area contributed by atoms with E-state index in [1.165, 1.54) is 4.90 Å². The van der Waals surface area contributed by atoms with Crippen molar-refractivity contribution in [2.45, 2.75) is 24.9 Å². The number of carboxylic acids is 1. The topological polar surface area (TPSA) is 110 Å². The van der Waals surface area contributed by atoms with Gasteiger partial charge in [0.25, 0.3) is 0 Å². The average Bonchev–Trinajstić information content (AvgIpc) is 3.05. The lowest BCUT2D eigenvalue weighted by molar-refractivity contribution is -0.140. The number of nitrogens with zero attached hydrogens (tertiary/aromatic N) is 1. The molecule has 92 valence electrons. The van der Waals surface area contributed by atoms with Crippen LogP contribution in [-0.2, 0) is 4.79 Å². The van der Waals surface area contributed by atoms with E-state index in [-0.39, 0.29) is 19.2 Å². The number of hydrogen-bond acceptors (Lipinski definition) is 4. The van der Waals surface area contributed by atoms with Gasteiger partial charge < -0.3 is 25.5 Å². The Bertz CT molecular complexity index is 267. The average molecular weight is 232 g/mol. The zero-order chi connectivity index (χ0) is 12.1. The van der Waals surface area contributed by atoms with Crippen LogP contribution in [0.4, 0.5) is 4.79 Å². The molecule has 4 N–H and O–H groups in total. The van der Waals surface area contributed by atoms with E-state index < -0.39 is 24.6 Å². The predicted octanol–water partition coefficient (Wildman–Crippen LogP) is -1.40. The summed E-state index contributed by atoms with van der Waals surface area (Å²) in [4.78, 5) is 23.6. The first-order chi connectivity index (χ1) is 7.60. The van der Waals surface area contributed by atoms with Crippen LogP contribution >= 0.6 is 0 Å². The molecule has 0 aromatic heterocycles. The van der Waals surface area contributed by atoms with Crippen molar-refractivity contribution in [3.8, 4) is 0 Å². The van der Waals surface area contributed by atoms with Gasteiger partial charge in [-0.15, -0.1) is 0 Å². The number of urea groups is 1. The molecule has 1 aliphatic carbocycles. The first-order valence-corrected chi connectivity index (χ1v) is 5.11. The quantitative estimate of drug-likeness (QED) is 0.450. The van der Waals surface area contributed by atoms with Crippen molar-refractivity contribution in [1.29, 1.82) is 0 Å². The summed E-state index contributed by atoms with van der Waals surface area (Å²) < 4.78 is 0. The molecule has 2 amide bonds. The number of carbonyl (C=O) groups excluding carboxylic acids is 1. The third kappa shape index (κ3) is 3.35.